The molecular weight excluding hydrogens is 160 g/mol. The average molecular weight is 180 g/mol. The zero-order valence-corrected chi connectivity index (χ0v) is 8.50. The molecule has 2 saturated heterocycles. The largest absolute Gasteiger partial charge is 0.327 e. The van der Waals surface area contributed by atoms with Crippen LogP contribution in [0.3, 0.4) is 0 Å². The summed E-state index contributed by atoms with van der Waals surface area (Å²) in [5.74, 6) is 1.56. The van der Waals surface area contributed by atoms with E-state index in [1.807, 2.05) is 0 Å². The summed E-state index contributed by atoms with van der Waals surface area (Å²) in [6, 6.07) is 0.506. The van der Waals surface area contributed by atoms with Crippen molar-refractivity contribution in [2.45, 2.75) is 25.8 Å². The molecule has 1 aliphatic carbocycles. The summed E-state index contributed by atoms with van der Waals surface area (Å²) in [7, 11) is 0. The number of hydrogen-bond donors (Lipinski definition) is 1. The number of fused-ring (bicyclic) bond motifs is 2. The maximum Gasteiger partial charge on any atom is 0.0190 e. The third kappa shape index (κ3) is 1.65. The van der Waals surface area contributed by atoms with E-state index in [9.17, 15) is 0 Å². The Balaban J connectivity index is 1.82. The van der Waals surface area contributed by atoms with Crippen LogP contribution in [0.25, 0.3) is 0 Å². The summed E-state index contributed by atoms with van der Waals surface area (Å²) in [6.45, 7) is 9.74. The van der Waals surface area contributed by atoms with Gasteiger partial charge < -0.3 is 5.73 Å². The van der Waals surface area contributed by atoms with E-state index in [-0.39, 0.29) is 0 Å². The fraction of sp³-hybridized carbons (Fsp3) is 0.818. The van der Waals surface area contributed by atoms with Crippen LogP contribution in [0.1, 0.15) is 19.8 Å². The summed E-state index contributed by atoms with van der Waals surface area (Å²) in [6.07, 6.45) is 2.48. The summed E-state index contributed by atoms with van der Waals surface area (Å²) in [5, 5.41) is 0. The van der Waals surface area contributed by atoms with Crippen molar-refractivity contribution in [3.63, 3.8) is 0 Å². The monoisotopic (exact) mass is 180 g/mol. The van der Waals surface area contributed by atoms with Crippen molar-refractivity contribution >= 4 is 0 Å². The number of nitrogens with two attached hydrogens (primary N) is 1. The lowest BCUT2D eigenvalue weighted by Gasteiger charge is -2.52. The first kappa shape index (κ1) is 9.22. The predicted molar refractivity (Wildman–Crippen MR) is 55.4 cm³/mol. The standard InChI is InChI=1S/C11H20N2/c1-3-8(2)5-13-6-9-4-10(7-13)11(9)12/h9-11H,2-7,12H2,1H3. The minimum Gasteiger partial charge on any atom is -0.327 e. The minimum absolute atomic E-state index is 0.506. The minimum atomic E-state index is 0.506. The molecule has 2 heterocycles. The molecule has 2 atom stereocenters. The van der Waals surface area contributed by atoms with Crippen molar-refractivity contribution in [1.29, 1.82) is 0 Å². The molecule has 2 aliphatic heterocycles. The molecule has 2 N–H and O–H groups in total. The first-order chi connectivity index (χ1) is 6.20. The van der Waals surface area contributed by atoms with E-state index in [4.69, 9.17) is 5.73 Å². The van der Waals surface area contributed by atoms with Gasteiger partial charge in [0.1, 0.15) is 0 Å². The van der Waals surface area contributed by atoms with Gasteiger partial charge in [-0.2, -0.15) is 0 Å². The smallest absolute Gasteiger partial charge is 0.0190 e. The van der Waals surface area contributed by atoms with Gasteiger partial charge >= 0.3 is 0 Å². The van der Waals surface area contributed by atoms with Gasteiger partial charge in [-0.15, -0.1) is 0 Å². The molecule has 3 rings (SSSR count). The van der Waals surface area contributed by atoms with Crippen LogP contribution < -0.4 is 5.73 Å². The molecule has 2 unspecified atom stereocenters. The quantitative estimate of drug-likeness (QED) is 0.662. The second-order valence-corrected chi connectivity index (χ2v) is 4.63. The van der Waals surface area contributed by atoms with Crippen LogP contribution in [0.5, 0.6) is 0 Å². The molecule has 13 heavy (non-hydrogen) atoms. The van der Waals surface area contributed by atoms with Crippen LogP contribution in [-0.2, 0) is 0 Å². The highest BCUT2D eigenvalue weighted by Crippen LogP contribution is 2.38. The molecule has 3 aliphatic rings. The highest BCUT2D eigenvalue weighted by atomic mass is 15.2. The Bertz CT molecular complexity index is 200. The molecule has 1 saturated carbocycles. The van der Waals surface area contributed by atoms with Gasteiger partial charge in [-0.05, 0) is 24.7 Å². The molecule has 74 valence electrons. The number of hydrogen-bond acceptors (Lipinski definition) is 2. The van der Waals surface area contributed by atoms with Crippen molar-refractivity contribution in [3.8, 4) is 0 Å². The average Bonchev–Trinajstić information content (AvgIpc) is 2.17. The fourth-order valence-corrected chi connectivity index (χ4v) is 2.58. The highest BCUT2D eigenvalue weighted by molar-refractivity contribution is 5.04. The van der Waals surface area contributed by atoms with Crippen LogP contribution in [0.15, 0.2) is 12.2 Å². The second-order valence-electron chi connectivity index (χ2n) is 4.63. The van der Waals surface area contributed by atoms with Crippen LogP contribution in [0.2, 0.25) is 0 Å². The normalized spacial score (nSPS) is 38.5. The Morgan fingerprint density at radius 1 is 1.46 bits per heavy atom. The molecule has 2 bridgehead atoms. The molecule has 0 aromatic heterocycles. The Kier molecular flexibility index (Phi) is 2.43. The Morgan fingerprint density at radius 3 is 2.54 bits per heavy atom. The maximum atomic E-state index is 6.00. The van der Waals surface area contributed by atoms with E-state index in [1.54, 1.807) is 0 Å². The molecule has 2 heteroatoms. The second kappa shape index (κ2) is 3.43. The van der Waals surface area contributed by atoms with Crippen LogP contribution in [0.4, 0.5) is 0 Å². The van der Waals surface area contributed by atoms with Crippen LogP contribution >= 0.6 is 0 Å². The van der Waals surface area contributed by atoms with Crippen LogP contribution in [0, 0.1) is 11.8 Å². The Hall–Kier alpha value is -0.340. The maximum absolute atomic E-state index is 6.00. The number of rotatable bonds is 3. The SMILES string of the molecule is C=C(CC)CN1CC2CC(C1)C2N. The van der Waals surface area contributed by atoms with Gasteiger partial charge in [-0.3, -0.25) is 4.90 Å². The lowest BCUT2D eigenvalue weighted by atomic mass is 9.67. The third-order valence-corrected chi connectivity index (χ3v) is 3.63. The zero-order valence-electron chi connectivity index (χ0n) is 8.50. The van der Waals surface area contributed by atoms with Gasteiger partial charge in [0, 0.05) is 25.7 Å². The predicted octanol–water partition coefficient (Wildman–Crippen LogP) is 1.23. The third-order valence-electron chi connectivity index (χ3n) is 3.63. The lowest BCUT2D eigenvalue weighted by Crippen LogP contribution is -2.62. The van der Waals surface area contributed by atoms with Crippen molar-refractivity contribution in [2.75, 3.05) is 19.6 Å². The van der Waals surface area contributed by atoms with E-state index < -0.39 is 0 Å². The molecule has 0 spiro atoms. The van der Waals surface area contributed by atoms with Gasteiger partial charge in [-0.25, -0.2) is 0 Å². The van der Waals surface area contributed by atoms with Gasteiger partial charge in [0.25, 0.3) is 0 Å². The summed E-state index contributed by atoms with van der Waals surface area (Å²) in [5.41, 5.74) is 7.36. The summed E-state index contributed by atoms with van der Waals surface area (Å²) < 4.78 is 0. The zero-order chi connectivity index (χ0) is 9.42. The number of nitrogens with zero attached hydrogens (tertiary/aromatic N) is 1. The Labute approximate surface area is 80.8 Å². The molecule has 0 amide bonds. The molecule has 0 aromatic carbocycles. The van der Waals surface area contributed by atoms with E-state index in [0.29, 0.717) is 6.04 Å². The van der Waals surface area contributed by atoms with E-state index in [2.05, 4.69) is 18.4 Å². The number of piperidine rings is 2. The van der Waals surface area contributed by atoms with Crippen molar-refractivity contribution in [1.82, 2.24) is 4.90 Å². The van der Waals surface area contributed by atoms with Crippen molar-refractivity contribution in [3.05, 3.63) is 12.2 Å². The molecule has 2 nitrogen and oxygen atoms in total. The van der Waals surface area contributed by atoms with Gasteiger partial charge in [0.05, 0.1) is 0 Å². The van der Waals surface area contributed by atoms with Gasteiger partial charge in [-0.1, -0.05) is 19.1 Å². The van der Waals surface area contributed by atoms with E-state index >= 15 is 0 Å². The van der Waals surface area contributed by atoms with Gasteiger partial charge in [0.2, 0.25) is 0 Å². The lowest BCUT2D eigenvalue weighted by molar-refractivity contribution is 0.00759. The van der Waals surface area contributed by atoms with Crippen LogP contribution in [-0.4, -0.2) is 30.6 Å². The van der Waals surface area contributed by atoms with Crippen molar-refractivity contribution in [2.24, 2.45) is 17.6 Å². The van der Waals surface area contributed by atoms with Crippen molar-refractivity contribution < 1.29 is 0 Å². The molecule has 0 aromatic rings. The summed E-state index contributed by atoms with van der Waals surface area (Å²) in [4.78, 5) is 2.52. The Morgan fingerprint density at radius 2 is 2.08 bits per heavy atom. The molecular formula is C11H20N2. The van der Waals surface area contributed by atoms with E-state index in [0.717, 1.165) is 24.8 Å². The fourth-order valence-electron chi connectivity index (χ4n) is 2.58. The molecule has 0 radical (unpaired) electrons. The van der Waals surface area contributed by atoms with Gasteiger partial charge in [0.15, 0.2) is 0 Å². The van der Waals surface area contributed by atoms with E-state index in [1.165, 1.54) is 25.1 Å². The highest BCUT2D eigenvalue weighted by Gasteiger charge is 2.44. The topological polar surface area (TPSA) is 29.3 Å². The molecule has 3 fully saturated rings. The first-order valence-electron chi connectivity index (χ1n) is 5.35. The first-order valence-corrected chi connectivity index (χ1v) is 5.35. The summed E-state index contributed by atoms with van der Waals surface area (Å²) >= 11 is 0.